The molecule has 3 aliphatic heterocycles. The quantitative estimate of drug-likeness (QED) is 0.494. The number of hydrogen-bond donors (Lipinski definition) is 0. The zero-order valence-corrected chi connectivity index (χ0v) is 12.1. The second-order valence-corrected chi connectivity index (χ2v) is 6.71. The van der Waals surface area contributed by atoms with Crippen molar-refractivity contribution in [2.45, 2.75) is 45.3 Å². The number of carbonyl (C=O) groups excluding carboxylic acids is 2. The Balaban J connectivity index is 1.83. The van der Waals surface area contributed by atoms with Gasteiger partial charge in [-0.2, -0.15) is 0 Å². The van der Waals surface area contributed by atoms with Crippen molar-refractivity contribution in [3.63, 3.8) is 0 Å². The molecule has 0 amide bonds. The summed E-state index contributed by atoms with van der Waals surface area (Å²) in [7, 11) is 0. The lowest BCUT2D eigenvalue weighted by atomic mass is 9.86. The summed E-state index contributed by atoms with van der Waals surface area (Å²) in [4.78, 5) is 26.3. The van der Waals surface area contributed by atoms with E-state index in [1.165, 1.54) is 0 Å². The van der Waals surface area contributed by atoms with Gasteiger partial charge in [0.25, 0.3) is 0 Å². The van der Waals surface area contributed by atoms with E-state index in [2.05, 4.69) is 11.0 Å². The van der Waals surface area contributed by atoms with Crippen LogP contribution in [-0.4, -0.2) is 48.7 Å². The first-order valence-corrected chi connectivity index (χ1v) is 7.23. The lowest BCUT2D eigenvalue weighted by Gasteiger charge is -2.24. The maximum atomic E-state index is 12.1. The van der Waals surface area contributed by atoms with Gasteiger partial charge in [0.1, 0.15) is 12.7 Å². The van der Waals surface area contributed by atoms with Crippen molar-refractivity contribution >= 4 is 11.9 Å². The molecule has 0 aromatic carbocycles. The molecule has 0 spiro atoms. The molecule has 2 fully saturated rings. The minimum absolute atomic E-state index is 0.0937. The monoisotopic (exact) mass is 279 g/mol. The van der Waals surface area contributed by atoms with Gasteiger partial charge in [0.2, 0.25) is 0 Å². The number of cyclic esters (lactones) is 1. The van der Waals surface area contributed by atoms with Gasteiger partial charge in [-0.1, -0.05) is 19.9 Å². The average Bonchev–Trinajstić information content (AvgIpc) is 2.87. The van der Waals surface area contributed by atoms with Crippen molar-refractivity contribution < 1.29 is 19.1 Å². The van der Waals surface area contributed by atoms with Crippen LogP contribution in [0.3, 0.4) is 0 Å². The molecule has 5 heteroatoms. The van der Waals surface area contributed by atoms with Crippen LogP contribution in [0.1, 0.15) is 33.1 Å². The van der Waals surface area contributed by atoms with Gasteiger partial charge >= 0.3 is 11.9 Å². The number of nitrogens with zero attached hydrogens (tertiary/aromatic N) is 1. The van der Waals surface area contributed by atoms with Crippen molar-refractivity contribution in [3.8, 4) is 0 Å². The van der Waals surface area contributed by atoms with E-state index in [4.69, 9.17) is 9.47 Å². The summed E-state index contributed by atoms with van der Waals surface area (Å²) in [6, 6.07) is 0.105. The topological polar surface area (TPSA) is 55.8 Å². The Hall–Kier alpha value is -1.36. The lowest BCUT2D eigenvalue weighted by molar-refractivity contribution is -0.152. The first-order chi connectivity index (χ1) is 9.44. The van der Waals surface area contributed by atoms with Crippen molar-refractivity contribution in [2.24, 2.45) is 5.41 Å². The molecular formula is C15H21NO4. The zero-order chi connectivity index (χ0) is 14.3. The summed E-state index contributed by atoms with van der Waals surface area (Å²) < 4.78 is 11.1. The molecule has 0 N–H and O–H groups in total. The molecule has 0 saturated carbocycles. The number of esters is 2. The van der Waals surface area contributed by atoms with Crippen molar-refractivity contribution in [1.82, 2.24) is 4.90 Å². The Bertz CT molecular complexity index is 468. The summed E-state index contributed by atoms with van der Waals surface area (Å²) in [6.45, 7) is 5.91. The van der Waals surface area contributed by atoms with Crippen molar-refractivity contribution in [1.29, 1.82) is 0 Å². The molecule has 0 aliphatic carbocycles. The van der Waals surface area contributed by atoms with Crippen molar-refractivity contribution in [3.05, 3.63) is 11.6 Å². The summed E-state index contributed by atoms with van der Waals surface area (Å²) in [5, 5.41) is 0. The predicted molar refractivity (Wildman–Crippen MR) is 71.9 cm³/mol. The molecule has 110 valence electrons. The number of ether oxygens (including phenoxy) is 2. The van der Waals surface area contributed by atoms with Gasteiger partial charge < -0.3 is 9.47 Å². The van der Waals surface area contributed by atoms with Gasteiger partial charge in [-0.25, -0.2) is 0 Å². The van der Waals surface area contributed by atoms with E-state index in [0.29, 0.717) is 6.61 Å². The van der Waals surface area contributed by atoms with E-state index >= 15 is 0 Å². The highest BCUT2D eigenvalue weighted by molar-refractivity contribution is 5.74. The molecule has 2 unspecified atom stereocenters. The first-order valence-electron chi connectivity index (χ1n) is 7.23. The van der Waals surface area contributed by atoms with Gasteiger partial charge in [0.05, 0.1) is 18.9 Å². The maximum Gasteiger partial charge on any atom is 0.306 e. The summed E-state index contributed by atoms with van der Waals surface area (Å²) in [5.74, 6) is -0.443. The molecule has 0 aromatic heterocycles. The van der Waals surface area contributed by atoms with Crippen LogP contribution in [0.25, 0.3) is 0 Å². The van der Waals surface area contributed by atoms with Gasteiger partial charge in [0.15, 0.2) is 0 Å². The SMILES string of the molecule is CC1(C)CC(=O)OCC2=CCN3CCC(OC(=O)C1)C23. The van der Waals surface area contributed by atoms with E-state index in [1.807, 2.05) is 13.8 Å². The zero-order valence-electron chi connectivity index (χ0n) is 12.1. The Morgan fingerprint density at radius 1 is 1.25 bits per heavy atom. The van der Waals surface area contributed by atoms with Crippen LogP contribution in [0.5, 0.6) is 0 Å². The molecule has 3 aliphatic rings. The number of hydrogen-bond acceptors (Lipinski definition) is 5. The molecule has 2 saturated heterocycles. The van der Waals surface area contributed by atoms with E-state index in [1.54, 1.807) is 0 Å². The van der Waals surface area contributed by atoms with E-state index in [0.717, 1.165) is 25.1 Å². The molecule has 20 heavy (non-hydrogen) atoms. The fourth-order valence-corrected chi connectivity index (χ4v) is 3.40. The molecule has 0 aromatic rings. The molecule has 3 rings (SSSR count). The molecular weight excluding hydrogens is 258 g/mol. The largest absolute Gasteiger partial charge is 0.461 e. The second kappa shape index (κ2) is 4.88. The Morgan fingerprint density at radius 3 is 2.80 bits per heavy atom. The smallest absolute Gasteiger partial charge is 0.306 e. The fourth-order valence-electron chi connectivity index (χ4n) is 3.40. The lowest BCUT2D eigenvalue weighted by Crippen LogP contribution is -2.36. The summed E-state index contributed by atoms with van der Waals surface area (Å²) in [6.07, 6.45) is 3.37. The average molecular weight is 279 g/mol. The summed E-state index contributed by atoms with van der Waals surface area (Å²) >= 11 is 0. The highest BCUT2D eigenvalue weighted by Gasteiger charge is 2.43. The van der Waals surface area contributed by atoms with Crippen LogP contribution in [0.15, 0.2) is 11.6 Å². The highest BCUT2D eigenvalue weighted by Crippen LogP contribution is 2.34. The fraction of sp³-hybridized carbons (Fsp3) is 0.733. The summed E-state index contributed by atoms with van der Waals surface area (Å²) in [5.41, 5.74) is 0.661. The van der Waals surface area contributed by atoms with Gasteiger partial charge in [-0.15, -0.1) is 0 Å². The van der Waals surface area contributed by atoms with Crippen LogP contribution >= 0.6 is 0 Å². The Labute approximate surface area is 118 Å². The van der Waals surface area contributed by atoms with Crippen LogP contribution in [0, 0.1) is 5.41 Å². The molecule has 5 nitrogen and oxygen atoms in total. The van der Waals surface area contributed by atoms with Crippen LogP contribution < -0.4 is 0 Å². The van der Waals surface area contributed by atoms with Crippen molar-refractivity contribution in [2.75, 3.05) is 19.7 Å². The third kappa shape index (κ3) is 2.59. The van der Waals surface area contributed by atoms with E-state index < -0.39 is 5.41 Å². The minimum Gasteiger partial charge on any atom is -0.461 e. The molecule has 0 radical (unpaired) electrons. The Morgan fingerprint density at radius 2 is 2.00 bits per heavy atom. The third-order valence-electron chi connectivity index (χ3n) is 4.34. The van der Waals surface area contributed by atoms with E-state index in [9.17, 15) is 9.59 Å². The standard InChI is InChI=1S/C15H21NO4/c1-15(2)7-12(17)19-9-10-3-5-16-6-4-11(14(10)16)20-13(18)8-15/h3,11,14H,4-9H2,1-2H3. The first kappa shape index (κ1) is 13.6. The number of carbonyl (C=O) groups is 2. The number of rotatable bonds is 0. The molecule has 2 atom stereocenters. The van der Waals surface area contributed by atoms with Gasteiger partial charge in [-0.3, -0.25) is 14.5 Å². The normalized spacial score (nSPS) is 33.8. The highest BCUT2D eigenvalue weighted by atomic mass is 16.5. The second-order valence-electron chi connectivity index (χ2n) is 6.71. The minimum atomic E-state index is -0.416. The predicted octanol–water partition coefficient (Wildman–Crippen LogP) is 1.28. The molecule has 0 bridgehead atoms. The third-order valence-corrected chi connectivity index (χ3v) is 4.34. The van der Waals surface area contributed by atoms with Crippen LogP contribution in [0.2, 0.25) is 0 Å². The Kier molecular flexibility index (Phi) is 3.32. The van der Waals surface area contributed by atoms with Crippen LogP contribution in [-0.2, 0) is 19.1 Å². The maximum absolute atomic E-state index is 12.1. The van der Waals surface area contributed by atoms with E-state index in [-0.39, 0.29) is 36.9 Å². The molecule has 3 heterocycles. The van der Waals surface area contributed by atoms with Gasteiger partial charge in [-0.05, 0) is 17.4 Å². The van der Waals surface area contributed by atoms with Crippen LogP contribution in [0.4, 0.5) is 0 Å². The van der Waals surface area contributed by atoms with Gasteiger partial charge in [0, 0.05) is 13.1 Å².